The molecule has 0 atom stereocenters. The quantitative estimate of drug-likeness (QED) is 0.322. The number of pyridine rings is 3. The molecule has 3 N–H and O–H groups in total. The van der Waals surface area contributed by atoms with Crippen LogP contribution in [-0.4, -0.2) is 60.1 Å². The maximum atomic E-state index is 14.5. The van der Waals surface area contributed by atoms with Crippen LogP contribution in [0.25, 0.3) is 55.8 Å². The number of hydrogen-bond donors (Lipinski definition) is 3. The second-order valence-electron chi connectivity index (χ2n) is 8.63. The summed E-state index contributed by atoms with van der Waals surface area (Å²) in [5.41, 5.74) is 5.53. The summed E-state index contributed by atoms with van der Waals surface area (Å²) < 4.78 is 14.5. The zero-order valence-corrected chi connectivity index (χ0v) is 19.8. The molecule has 0 bridgehead atoms. The van der Waals surface area contributed by atoms with E-state index in [9.17, 15) is 9.18 Å². The first-order valence-electron chi connectivity index (χ1n) is 11.3. The molecule has 182 valence electrons. The van der Waals surface area contributed by atoms with Crippen molar-refractivity contribution in [2.45, 2.75) is 0 Å². The van der Waals surface area contributed by atoms with Gasteiger partial charge in [-0.1, -0.05) is 18.2 Å². The number of nitrogens with zero attached hydrogens (tertiary/aromatic N) is 6. The van der Waals surface area contributed by atoms with Crippen LogP contribution in [0.5, 0.6) is 0 Å². The summed E-state index contributed by atoms with van der Waals surface area (Å²) >= 11 is 0. The molecule has 5 aromatic heterocycles. The third-order valence-electron chi connectivity index (χ3n) is 5.93. The van der Waals surface area contributed by atoms with Crippen molar-refractivity contribution < 1.29 is 9.18 Å². The van der Waals surface area contributed by atoms with Crippen LogP contribution in [0.3, 0.4) is 0 Å². The van der Waals surface area contributed by atoms with E-state index in [0.717, 1.165) is 16.5 Å². The minimum absolute atomic E-state index is 0.251. The van der Waals surface area contributed by atoms with Gasteiger partial charge in [-0.3, -0.25) is 15.1 Å². The van der Waals surface area contributed by atoms with E-state index in [1.54, 1.807) is 63.3 Å². The Hall–Kier alpha value is -5.19. The largest absolute Gasteiger partial charge is 0.335 e. The number of benzene rings is 1. The van der Waals surface area contributed by atoms with Gasteiger partial charge in [0.25, 0.3) is 0 Å². The van der Waals surface area contributed by atoms with Gasteiger partial charge in [0.15, 0.2) is 11.5 Å². The van der Waals surface area contributed by atoms with Crippen molar-refractivity contribution in [3.63, 3.8) is 0 Å². The monoisotopic (exact) mass is 493 g/mol. The Bertz CT molecular complexity index is 1790. The number of urea groups is 1. The van der Waals surface area contributed by atoms with Crippen LogP contribution < -0.4 is 5.32 Å². The summed E-state index contributed by atoms with van der Waals surface area (Å²) in [5, 5.41) is 10.9. The number of anilines is 1. The van der Waals surface area contributed by atoms with Gasteiger partial charge >= 0.3 is 6.03 Å². The molecule has 0 unspecified atom stereocenters. The summed E-state index contributed by atoms with van der Waals surface area (Å²) in [6.07, 6.45) is 8.22. The van der Waals surface area contributed by atoms with Crippen molar-refractivity contribution in [1.29, 1.82) is 0 Å². The zero-order valence-electron chi connectivity index (χ0n) is 19.8. The Morgan fingerprint density at radius 3 is 2.62 bits per heavy atom. The summed E-state index contributed by atoms with van der Waals surface area (Å²) in [5.74, 6) is 0.173. The average molecular weight is 494 g/mol. The van der Waals surface area contributed by atoms with E-state index in [1.807, 2.05) is 12.1 Å². The van der Waals surface area contributed by atoms with E-state index in [0.29, 0.717) is 45.0 Å². The number of carbonyl (C=O) groups is 1. The number of fused-ring (bicyclic) bond motifs is 2. The maximum Gasteiger partial charge on any atom is 0.321 e. The lowest BCUT2D eigenvalue weighted by Gasteiger charge is -2.12. The Labute approximate surface area is 209 Å². The lowest BCUT2D eigenvalue weighted by Crippen LogP contribution is -2.27. The molecule has 0 aliphatic rings. The highest BCUT2D eigenvalue weighted by Gasteiger charge is 2.17. The zero-order chi connectivity index (χ0) is 25.5. The van der Waals surface area contributed by atoms with Crippen LogP contribution in [0.2, 0.25) is 0 Å². The number of nitrogens with one attached hydrogen (secondary N) is 3. The maximum absolute atomic E-state index is 14.5. The van der Waals surface area contributed by atoms with Crippen LogP contribution in [0.4, 0.5) is 14.9 Å². The van der Waals surface area contributed by atoms with Gasteiger partial charge in [-0.15, -0.1) is 0 Å². The molecule has 0 aliphatic heterocycles. The topological polar surface area (TPSA) is 128 Å². The summed E-state index contributed by atoms with van der Waals surface area (Å²) in [4.78, 5) is 34.5. The molecule has 5 heterocycles. The molecule has 0 radical (unpaired) electrons. The van der Waals surface area contributed by atoms with Crippen molar-refractivity contribution >= 4 is 33.8 Å². The van der Waals surface area contributed by atoms with Crippen molar-refractivity contribution in [3.8, 4) is 33.8 Å². The lowest BCUT2D eigenvalue weighted by atomic mass is 10.1. The number of aromatic nitrogens is 7. The number of rotatable bonds is 4. The van der Waals surface area contributed by atoms with E-state index in [2.05, 4.69) is 35.5 Å². The van der Waals surface area contributed by atoms with Gasteiger partial charge in [0, 0.05) is 54.9 Å². The molecular formula is C26H20FN9O. The predicted molar refractivity (Wildman–Crippen MR) is 138 cm³/mol. The number of amides is 2. The van der Waals surface area contributed by atoms with Gasteiger partial charge < -0.3 is 15.2 Å². The minimum atomic E-state index is -0.347. The highest BCUT2D eigenvalue weighted by Crippen LogP contribution is 2.33. The van der Waals surface area contributed by atoms with Crippen molar-refractivity contribution in [1.82, 2.24) is 40.0 Å². The van der Waals surface area contributed by atoms with E-state index in [-0.39, 0.29) is 11.8 Å². The van der Waals surface area contributed by atoms with Crippen LogP contribution in [-0.2, 0) is 0 Å². The molecule has 0 fully saturated rings. The highest BCUT2D eigenvalue weighted by atomic mass is 19.1. The predicted octanol–water partition coefficient (Wildman–Crippen LogP) is 4.86. The number of hydrogen-bond acceptors (Lipinski definition) is 6. The van der Waals surface area contributed by atoms with Gasteiger partial charge in [-0.25, -0.2) is 19.2 Å². The summed E-state index contributed by atoms with van der Waals surface area (Å²) in [6, 6.07) is 10.0. The van der Waals surface area contributed by atoms with Gasteiger partial charge in [-0.2, -0.15) is 5.10 Å². The Balaban J connectivity index is 1.42. The average Bonchev–Trinajstić information content (AvgIpc) is 3.53. The molecule has 6 rings (SSSR count). The van der Waals surface area contributed by atoms with Gasteiger partial charge in [0.2, 0.25) is 0 Å². The van der Waals surface area contributed by atoms with E-state index >= 15 is 0 Å². The van der Waals surface area contributed by atoms with E-state index in [4.69, 9.17) is 4.98 Å². The fourth-order valence-electron chi connectivity index (χ4n) is 4.07. The molecule has 37 heavy (non-hydrogen) atoms. The molecule has 0 saturated heterocycles. The molecular weight excluding hydrogens is 473 g/mol. The fraction of sp³-hybridized carbons (Fsp3) is 0.0769. The normalized spacial score (nSPS) is 11.2. The Morgan fingerprint density at radius 1 is 0.973 bits per heavy atom. The third kappa shape index (κ3) is 4.01. The lowest BCUT2D eigenvalue weighted by molar-refractivity contribution is 0.230. The minimum Gasteiger partial charge on any atom is -0.335 e. The first-order chi connectivity index (χ1) is 18.0. The van der Waals surface area contributed by atoms with Crippen molar-refractivity contribution in [2.24, 2.45) is 0 Å². The standard InChI is InChI=1S/C26H20FN9O/c1-36(2)26(37)31-16-7-14(9-28-11-16)15-8-18-23(34-35-24(18)30-10-15)25-32-21-13-29-12-19(22(21)33-25)17-5-3-4-6-20(17)27/h3-13H,1-2H3,(H,31,37)(H,32,33)(H,30,34,35). The molecule has 0 spiro atoms. The van der Waals surface area contributed by atoms with Gasteiger partial charge in [-0.05, 0) is 18.2 Å². The molecule has 2 amide bonds. The number of H-pyrrole nitrogens is 2. The summed E-state index contributed by atoms with van der Waals surface area (Å²) in [6.45, 7) is 0. The van der Waals surface area contributed by atoms with Crippen molar-refractivity contribution in [2.75, 3.05) is 19.4 Å². The molecule has 0 saturated carbocycles. The van der Waals surface area contributed by atoms with Crippen LogP contribution in [0, 0.1) is 5.82 Å². The second-order valence-corrected chi connectivity index (χ2v) is 8.63. The molecule has 11 heteroatoms. The summed E-state index contributed by atoms with van der Waals surface area (Å²) in [7, 11) is 3.33. The smallest absolute Gasteiger partial charge is 0.321 e. The highest BCUT2D eigenvalue weighted by molar-refractivity contribution is 5.97. The van der Waals surface area contributed by atoms with Crippen LogP contribution in [0.15, 0.2) is 67.4 Å². The second kappa shape index (κ2) is 8.79. The number of carbonyl (C=O) groups excluding carboxylic acids is 1. The molecule has 1 aromatic carbocycles. The van der Waals surface area contributed by atoms with Crippen molar-refractivity contribution in [3.05, 3.63) is 73.2 Å². The van der Waals surface area contributed by atoms with E-state index in [1.165, 1.54) is 11.0 Å². The number of aromatic amines is 2. The SMILES string of the molecule is CN(C)C(=O)Nc1cncc(-c2cnc3n[nH]c(-c4nc5c(-c6ccccc6F)cncc5[nH]4)c3c2)c1. The third-order valence-corrected chi connectivity index (χ3v) is 5.93. The molecule has 6 aromatic rings. The fourth-order valence-corrected chi connectivity index (χ4v) is 4.07. The Morgan fingerprint density at radius 2 is 1.78 bits per heavy atom. The van der Waals surface area contributed by atoms with E-state index < -0.39 is 0 Å². The van der Waals surface area contributed by atoms with Crippen LogP contribution >= 0.6 is 0 Å². The molecule has 0 aliphatic carbocycles. The first-order valence-corrected chi connectivity index (χ1v) is 11.3. The van der Waals surface area contributed by atoms with Gasteiger partial charge in [0.1, 0.15) is 17.0 Å². The van der Waals surface area contributed by atoms with Crippen LogP contribution in [0.1, 0.15) is 0 Å². The number of imidazole rings is 1. The van der Waals surface area contributed by atoms with Gasteiger partial charge in [0.05, 0.1) is 29.0 Å². The number of halogens is 1. The molecule has 10 nitrogen and oxygen atoms in total. The first kappa shape index (κ1) is 22.3. The Kier molecular flexibility index (Phi) is 5.29.